The zero-order valence-electron chi connectivity index (χ0n) is 10.8. The van der Waals surface area contributed by atoms with E-state index >= 15 is 0 Å². The maximum absolute atomic E-state index is 11.6. The molecule has 1 aliphatic rings. The molecule has 1 aliphatic heterocycles. The van der Waals surface area contributed by atoms with Gasteiger partial charge in [0.1, 0.15) is 11.3 Å². The zero-order chi connectivity index (χ0) is 13.7. The average molecular weight is 263 g/mol. The lowest BCUT2D eigenvalue weighted by Crippen LogP contribution is -2.35. The van der Waals surface area contributed by atoms with Gasteiger partial charge < -0.3 is 14.8 Å². The molecule has 1 N–H and O–H groups in total. The minimum Gasteiger partial charge on any atom is -0.492 e. The van der Waals surface area contributed by atoms with E-state index in [1.54, 1.807) is 24.3 Å². The first kappa shape index (κ1) is 13.4. The Morgan fingerprint density at radius 3 is 2.95 bits per heavy atom. The van der Waals surface area contributed by atoms with Crippen LogP contribution in [0.5, 0.6) is 5.75 Å². The predicted octanol–water partition coefficient (Wildman–Crippen LogP) is 1.38. The summed E-state index contributed by atoms with van der Waals surface area (Å²) < 4.78 is 10.4. The van der Waals surface area contributed by atoms with E-state index in [4.69, 9.17) is 9.47 Å². The third-order valence-electron chi connectivity index (χ3n) is 3.12. The summed E-state index contributed by atoms with van der Waals surface area (Å²) in [6.45, 7) is 1.12. The minimum absolute atomic E-state index is 0.0566. The molecule has 2 rings (SSSR count). The third-order valence-corrected chi connectivity index (χ3v) is 3.12. The van der Waals surface area contributed by atoms with Crippen molar-refractivity contribution in [3.05, 3.63) is 29.8 Å². The molecule has 5 nitrogen and oxygen atoms in total. The molecule has 1 saturated heterocycles. The van der Waals surface area contributed by atoms with E-state index in [0.717, 1.165) is 6.42 Å². The first-order valence-corrected chi connectivity index (χ1v) is 6.27. The number of ether oxygens (including phenoxy) is 2. The Morgan fingerprint density at radius 2 is 2.21 bits per heavy atom. The van der Waals surface area contributed by atoms with Crippen molar-refractivity contribution < 1.29 is 19.1 Å². The van der Waals surface area contributed by atoms with Gasteiger partial charge in [-0.25, -0.2) is 4.79 Å². The van der Waals surface area contributed by atoms with Gasteiger partial charge in [-0.05, 0) is 18.6 Å². The molecule has 19 heavy (non-hydrogen) atoms. The number of piperidine rings is 1. The molecule has 0 saturated carbocycles. The lowest BCUT2D eigenvalue weighted by molar-refractivity contribution is -0.123. The molecule has 1 atom stereocenters. The van der Waals surface area contributed by atoms with E-state index < -0.39 is 5.97 Å². The largest absolute Gasteiger partial charge is 0.492 e. The Hall–Kier alpha value is -2.04. The van der Waals surface area contributed by atoms with Crippen LogP contribution in [0.2, 0.25) is 0 Å². The van der Waals surface area contributed by atoms with Gasteiger partial charge in [-0.1, -0.05) is 12.1 Å². The van der Waals surface area contributed by atoms with Crippen LogP contribution < -0.4 is 10.1 Å². The molecule has 0 aromatic heterocycles. The molecular formula is C14H17NO4. The average Bonchev–Trinajstić information content (AvgIpc) is 2.45. The van der Waals surface area contributed by atoms with Gasteiger partial charge in [0.05, 0.1) is 13.7 Å². The molecule has 1 amide bonds. The van der Waals surface area contributed by atoms with E-state index in [1.165, 1.54) is 7.11 Å². The Kier molecular flexibility index (Phi) is 4.39. The van der Waals surface area contributed by atoms with Crippen LogP contribution in [-0.2, 0) is 9.53 Å². The number of nitrogens with one attached hydrogen (secondary N) is 1. The molecule has 1 aromatic rings. The molecule has 1 heterocycles. The smallest absolute Gasteiger partial charge is 0.341 e. The van der Waals surface area contributed by atoms with Crippen molar-refractivity contribution in [2.75, 3.05) is 20.3 Å². The van der Waals surface area contributed by atoms with Crippen LogP contribution in [0.15, 0.2) is 24.3 Å². The van der Waals surface area contributed by atoms with Gasteiger partial charge in [0.25, 0.3) is 0 Å². The van der Waals surface area contributed by atoms with Crippen molar-refractivity contribution in [2.45, 2.75) is 12.8 Å². The highest BCUT2D eigenvalue weighted by Crippen LogP contribution is 2.21. The van der Waals surface area contributed by atoms with Gasteiger partial charge >= 0.3 is 5.97 Å². The number of hydrogen-bond donors (Lipinski definition) is 1. The fourth-order valence-corrected chi connectivity index (χ4v) is 2.07. The monoisotopic (exact) mass is 263 g/mol. The van der Waals surface area contributed by atoms with Crippen molar-refractivity contribution in [1.82, 2.24) is 5.32 Å². The summed E-state index contributed by atoms with van der Waals surface area (Å²) in [5.41, 5.74) is 0.408. The maximum atomic E-state index is 11.6. The van der Waals surface area contributed by atoms with Gasteiger partial charge in [-0.3, -0.25) is 4.79 Å². The quantitative estimate of drug-likeness (QED) is 0.833. The fourth-order valence-electron chi connectivity index (χ4n) is 2.07. The van der Waals surface area contributed by atoms with Gasteiger partial charge in [0.15, 0.2) is 0 Å². The number of methoxy groups -OCH3 is 1. The van der Waals surface area contributed by atoms with E-state index in [2.05, 4.69) is 5.32 Å². The Bertz CT molecular complexity index is 472. The summed E-state index contributed by atoms with van der Waals surface area (Å²) in [5, 5.41) is 2.78. The molecule has 1 aromatic carbocycles. The van der Waals surface area contributed by atoms with Gasteiger partial charge in [-0.15, -0.1) is 0 Å². The van der Waals surface area contributed by atoms with Crippen LogP contribution in [0.1, 0.15) is 23.2 Å². The summed E-state index contributed by atoms with van der Waals surface area (Å²) in [7, 11) is 1.34. The Morgan fingerprint density at radius 1 is 1.42 bits per heavy atom. The normalized spacial score (nSPS) is 18.6. The fraction of sp³-hybridized carbons (Fsp3) is 0.429. The molecular weight excluding hydrogens is 246 g/mol. The van der Waals surface area contributed by atoms with Crippen LogP contribution >= 0.6 is 0 Å². The summed E-state index contributed by atoms with van der Waals surface area (Å²) in [6.07, 6.45) is 1.37. The van der Waals surface area contributed by atoms with Crippen molar-refractivity contribution in [3.63, 3.8) is 0 Å². The standard InChI is InChI=1S/C14H17NO4/c1-18-14(17)11-4-2-3-5-12(11)19-9-10-6-7-15-13(16)8-10/h2-5,10H,6-9H2,1H3,(H,15,16). The maximum Gasteiger partial charge on any atom is 0.341 e. The predicted molar refractivity (Wildman–Crippen MR) is 69.0 cm³/mol. The van der Waals surface area contributed by atoms with Gasteiger partial charge in [0.2, 0.25) is 5.91 Å². The lowest BCUT2D eigenvalue weighted by atomic mass is 9.99. The number of hydrogen-bond acceptors (Lipinski definition) is 4. The summed E-state index contributed by atoms with van der Waals surface area (Å²) in [5.74, 6) is 0.331. The summed E-state index contributed by atoms with van der Waals surface area (Å²) >= 11 is 0. The first-order valence-electron chi connectivity index (χ1n) is 6.27. The van der Waals surface area contributed by atoms with E-state index in [-0.39, 0.29) is 11.8 Å². The second kappa shape index (κ2) is 6.22. The number of carbonyl (C=O) groups is 2. The van der Waals surface area contributed by atoms with E-state index in [0.29, 0.717) is 30.9 Å². The highest BCUT2D eigenvalue weighted by molar-refractivity contribution is 5.92. The molecule has 102 valence electrons. The van der Waals surface area contributed by atoms with Crippen molar-refractivity contribution in [2.24, 2.45) is 5.92 Å². The number of rotatable bonds is 4. The van der Waals surface area contributed by atoms with Gasteiger partial charge in [0, 0.05) is 18.9 Å². The van der Waals surface area contributed by atoms with Gasteiger partial charge in [-0.2, -0.15) is 0 Å². The second-order valence-electron chi connectivity index (χ2n) is 4.51. The molecule has 0 radical (unpaired) electrons. The van der Waals surface area contributed by atoms with Crippen LogP contribution in [0.3, 0.4) is 0 Å². The Labute approximate surface area is 111 Å². The summed E-state index contributed by atoms with van der Waals surface area (Å²) in [4.78, 5) is 22.8. The summed E-state index contributed by atoms with van der Waals surface area (Å²) in [6, 6.07) is 6.95. The highest BCUT2D eigenvalue weighted by atomic mass is 16.5. The SMILES string of the molecule is COC(=O)c1ccccc1OCC1CCNC(=O)C1. The van der Waals surface area contributed by atoms with Crippen LogP contribution in [-0.4, -0.2) is 32.1 Å². The van der Waals surface area contributed by atoms with E-state index in [9.17, 15) is 9.59 Å². The second-order valence-corrected chi connectivity index (χ2v) is 4.51. The molecule has 0 spiro atoms. The highest BCUT2D eigenvalue weighted by Gasteiger charge is 2.20. The lowest BCUT2D eigenvalue weighted by Gasteiger charge is -2.22. The number of carbonyl (C=O) groups excluding carboxylic acids is 2. The first-order chi connectivity index (χ1) is 9.20. The van der Waals surface area contributed by atoms with E-state index in [1.807, 2.05) is 0 Å². The number of para-hydroxylation sites is 1. The number of benzene rings is 1. The zero-order valence-corrected chi connectivity index (χ0v) is 10.8. The molecule has 1 unspecified atom stereocenters. The van der Waals surface area contributed by atoms with Crippen LogP contribution in [0.25, 0.3) is 0 Å². The Balaban J connectivity index is 1.99. The van der Waals surface area contributed by atoms with Crippen molar-refractivity contribution >= 4 is 11.9 Å². The molecule has 0 aliphatic carbocycles. The molecule has 5 heteroatoms. The van der Waals surface area contributed by atoms with Crippen molar-refractivity contribution in [3.8, 4) is 5.75 Å². The third kappa shape index (κ3) is 3.47. The van der Waals surface area contributed by atoms with Crippen LogP contribution in [0, 0.1) is 5.92 Å². The number of esters is 1. The molecule has 1 fully saturated rings. The van der Waals surface area contributed by atoms with Crippen LogP contribution in [0.4, 0.5) is 0 Å². The van der Waals surface area contributed by atoms with Crippen molar-refractivity contribution in [1.29, 1.82) is 0 Å². The molecule has 0 bridgehead atoms. The topological polar surface area (TPSA) is 64.6 Å². The minimum atomic E-state index is -0.419. The number of amides is 1.